The van der Waals surface area contributed by atoms with Gasteiger partial charge in [0.25, 0.3) is 0 Å². The Morgan fingerprint density at radius 1 is 1.45 bits per heavy atom. The maximum Gasteiger partial charge on any atom is 0.199 e. The first-order valence-electron chi connectivity index (χ1n) is 2.95. The van der Waals surface area contributed by atoms with E-state index in [1.165, 1.54) is 17.8 Å². The third-order valence-corrected chi connectivity index (χ3v) is 1.80. The Morgan fingerprint density at radius 2 is 2.45 bits per heavy atom. The van der Waals surface area contributed by atoms with Gasteiger partial charge in [0.15, 0.2) is 5.76 Å². The van der Waals surface area contributed by atoms with Gasteiger partial charge in [-0.25, -0.2) is 0 Å². The van der Waals surface area contributed by atoms with Gasteiger partial charge in [-0.2, -0.15) is 0 Å². The van der Waals surface area contributed by atoms with Crippen molar-refractivity contribution < 1.29 is 9.78 Å². The van der Waals surface area contributed by atoms with Crippen LogP contribution in [-0.4, -0.2) is 9.59 Å². The predicted molar refractivity (Wildman–Crippen MR) is 39.2 cm³/mol. The van der Waals surface area contributed by atoms with E-state index < -0.39 is 0 Å². The summed E-state index contributed by atoms with van der Waals surface area (Å²) in [4.78, 5) is 10.3. The van der Waals surface area contributed by atoms with Gasteiger partial charge in [0.05, 0.1) is 6.20 Å². The minimum absolute atomic E-state index is 0.641. The molecule has 0 saturated carbocycles. The topological polar surface area (TPSA) is 44.2 Å². The molecule has 1 aliphatic rings. The summed E-state index contributed by atoms with van der Waals surface area (Å²) in [5.41, 5.74) is 0. The van der Waals surface area contributed by atoms with E-state index in [2.05, 4.69) is 14.5 Å². The molecule has 56 valence electrons. The van der Waals surface area contributed by atoms with E-state index in [0.717, 1.165) is 4.88 Å². The Kier molecular flexibility index (Phi) is 1.57. The zero-order valence-corrected chi connectivity index (χ0v) is 6.25. The number of allylic oxidation sites excluding steroid dienone is 2. The average Bonchev–Trinajstić information content (AvgIpc) is 2.58. The summed E-state index contributed by atoms with van der Waals surface area (Å²) in [5.74, 6) is 0.641. The number of hydrogen-bond donors (Lipinski definition) is 0. The van der Waals surface area contributed by atoms with Gasteiger partial charge >= 0.3 is 0 Å². The first-order chi connectivity index (χ1) is 5.47. The van der Waals surface area contributed by atoms with E-state index in [-0.39, 0.29) is 0 Å². The summed E-state index contributed by atoms with van der Waals surface area (Å²) in [6.07, 6.45) is 6.62. The third-order valence-electron chi connectivity index (χ3n) is 1.12. The van der Waals surface area contributed by atoms with Gasteiger partial charge in [-0.05, 0) is 23.7 Å². The molecule has 0 spiro atoms. The number of aromatic nitrogens is 2. The highest BCUT2D eigenvalue weighted by molar-refractivity contribution is 7.06. The van der Waals surface area contributed by atoms with Crippen LogP contribution in [0.2, 0.25) is 0 Å². The van der Waals surface area contributed by atoms with E-state index in [4.69, 9.17) is 4.89 Å². The Labute approximate surface area is 66.9 Å². The van der Waals surface area contributed by atoms with Gasteiger partial charge in [0.2, 0.25) is 0 Å². The van der Waals surface area contributed by atoms with Crippen molar-refractivity contribution in [3.8, 4) is 0 Å². The van der Waals surface area contributed by atoms with Crippen LogP contribution in [0.25, 0.3) is 5.76 Å². The van der Waals surface area contributed by atoms with Crippen LogP contribution in [-0.2, 0) is 9.78 Å². The van der Waals surface area contributed by atoms with Crippen molar-refractivity contribution in [2.24, 2.45) is 0 Å². The molecule has 2 rings (SSSR count). The van der Waals surface area contributed by atoms with Crippen molar-refractivity contribution >= 4 is 17.3 Å². The molecule has 0 amide bonds. The summed E-state index contributed by atoms with van der Waals surface area (Å²) in [5, 5.41) is 3.67. The van der Waals surface area contributed by atoms with Crippen molar-refractivity contribution in [1.29, 1.82) is 0 Å². The van der Waals surface area contributed by atoms with Crippen LogP contribution < -0.4 is 0 Å². The summed E-state index contributed by atoms with van der Waals surface area (Å²) in [6, 6.07) is 0. The lowest BCUT2D eigenvalue weighted by molar-refractivity contribution is -0.182. The van der Waals surface area contributed by atoms with Gasteiger partial charge in [-0.1, -0.05) is 4.49 Å². The second-order valence-electron chi connectivity index (χ2n) is 1.82. The minimum atomic E-state index is 0.641. The van der Waals surface area contributed by atoms with Crippen LogP contribution in [0.3, 0.4) is 0 Å². The molecule has 0 bridgehead atoms. The molecule has 0 N–H and O–H groups in total. The molecule has 0 radical (unpaired) electrons. The van der Waals surface area contributed by atoms with Gasteiger partial charge in [0.1, 0.15) is 11.1 Å². The summed E-state index contributed by atoms with van der Waals surface area (Å²) in [6.45, 7) is 0. The van der Waals surface area contributed by atoms with Crippen molar-refractivity contribution in [3.63, 3.8) is 0 Å². The Balaban J connectivity index is 2.29. The van der Waals surface area contributed by atoms with E-state index in [9.17, 15) is 0 Å². The summed E-state index contributed by atoms with van der Waals surface area (Å²) < 4.78 is 3.69. The number of rotatable bonds is 1. The quantitative estimate of drug-likeness (QED) is 0.594. The number of hydrogen-bond acceptors (Lipinski definition) is 5. The van der Waals surface area contributed by atoms with Crippen LogP contribution in [0.15, 0.2) is 24.6 Å². The Morgan fingerprint density at radius 3 is 3.09 bits per heavy atom. The van der Waals surface area contributed by atoms with Gasteiger partial charge in [0, 0.05) is 0 Å². The molecule has 1 aromatic rings. The molecule has 5 heteroatoms. The molecule has 2 heterocycles. The van der Waals surface area contributed by atoms with Gasteiger partial charge in [-0.15, -0.1) is 5.10 Å². The summed E-state index contributed by atoms with van der Waals surface area (Å²) in [7, 11) is 0. The van der Waals surface area contributed by atoms with Crippen LogP contribution in [0, 0.1) is 0 Å². The standard InChI is InChI=1S/C6H4N2O2S/c1-2-5(10-9-3-1)6-4-7-8-11-6/h1-4H. The zero-order valence-electron chi connectivity index (χ0n) is 5.43. The van der Waals surface area contributed by atoms with E-state index in [0.29, 0.717) is 5.76 Å². The zero-order chi connectivity index (χ0) is 7.52. The van der Waals surface area contributed by atoms with Gasteiger partial charge < -0.3 is 0 Å². The fraction of sp³-hybridized carbons (Fsp3) is 0. The third kappa shape index (κ3) is 1.22. The Bertz CT molecular complexity index is 292. The Hall–Kier alpha value is -1.36. The first-order valence-corrected chi connectivity index (χ1v) is 3.72. The second-order valence-corrected chi connectivity index (χ2v) is 2.61. The highest BCUT2D eigenvalue weighted by atomic mass is 32.1. The van der Waals surface area contributed by atoms with Crippen LogP contribution in [0.4, 0.5) is 0 Å². The first kappa shape index (κ1) is 6.36. The molecule has 1 aliphatic heterocycles. The lowest BCUT2D eigenvalue weighted by Gasteiger charge is -2.05. The molecule has 0 aliphatic carbocycles. The maximum absolute atomic E-state index is 4.83. The molecule has 0 atom stereocenters. The molecule has 11 heavy (non-hydrogen) atoms. The highest BCUT2D eigenvalue weighted by Gasteiger charge is 2.07. The smallest absolute Gasteiger partial charge is 0.199 e. The normalized spacial score (nSPS) is 15.1. The molecule has 0 saturated heterocycles. The maximum atomic E-state index is 4.83. The van der Waals surface area contributed by atoms with Crippen molar-refractivity contribution in [2.75, 3.05) is 0 Å². The summed E-state index contributed by atoms with van der Waals surface area (Å²) >= 11 is 1.26. The van der Waals surface area contributed by atoms with E-state index in [1.807, 2.05) is 0 Å². The second kappa shape index (κ2) is 2.71. The molecule has 0 fully saturated rings. The lowest BCUT2D eigenvalue weighted by atomic mass is 10.4. The lowest BCUT2D eigenvalue weighted by Crippen LogP contribution is -1.90. The van der Waals surface area contributed by atoms with Crippen LogP contribution in [0.5, 0.6) is 0 Å². The van der Waals surface area contributed by atoms with Crippen molar-refractivity contribution in [3.05, 3.63) is 29.5 Å². The number of nitrogens with zero attached hydrogens (tertiary/aromatic N) is 2. The average molecular weight is 168 g/mol. The molecular formula is C6H4N2O2S. The fourth-order valence-corrected chi connectivity index (χ4v) is 1.13. The molecular weight excluding hydrogens is 164 g/mol. The van der Waals surface area contributed by atoms with E-state index in [1.54, 1.807) is 18.3 Å². The monoisotopic (exact) mass is 168 g/mol. The van der Waals surface area contributed by atoms with Crippen LogP contribution >= 0.6 is 11.5 Å². The fourth-order valence-electron chi connectivity index (χ4n) is 0.665. The van der Waals surface area contributed by atoms with Gasteiger partial charge in [-0.3, -0.25) is 9.78 Å². The minimum Gasteiger partial charge on any atom is -0.298 e. The molecule has 4 nitrogen and oxygen atoms in total. The van der Waals surface area contributed by atoms with Crippen molar-refractivity contribution in [2.45, 2.75) is 0 Å². The van der Waals surface area contributed by atoms with Crippen LogP contribution in [0.1, 0.15) is 4.88 Å². The SMILES string of the molecule is C1=COOC(c2cnns2)=C1. The highest BCUT2D eigenvalue weighted by Crippen LogP contribution is 2.20. The molecule has 1 aromatic heterocycles. The predicted octanol–water partition coefficient (Wildman–Crippen LogP) is 1.35. The van der Waals surface area contributed by atoms with Crippen molar-refractivity contribution in [1.82, 2.24) is 9.59 Å². The largest absolute Gasteiger partial charge is 0.298 e. The molecule has 0 unspecified atom stereocenters. The van der Waals surface area contributed by atoms with E-state index >= 15 is 0 Å². The molecule has 0 aromatic carbocycles.